The molecule has 3 rings (SSSR count). The van der Waals surface area contributed by atoms with E-state index in [1.54, 1.807) is 6.33 Å². The van der Waals surface area contributed by atoms with Crippen LogP contribution in [0.25, 0.3) is 23.1 Å². The smallest absolute Gasteiger partial charge is 0.0948 e. The van der Waals surface area contributed by atoms with Gasteiger partial charge in [0.15, 0.2) is 0 Å². The van der Waals surface area contributed by atoms with Gasteiger partial charge in [0.05, 0.1) is 29.4 Å². The lowest BCUT2D eigenvalue weighted by atomic mass is 10.2. The first kappa shape index (κ1) is 11.9. The summed E-state index contributed by atoms with van der Waals surface area (Å²) >= 11 is 5.98. The highest BCUT2D eigenvalue weighted by atomic mass is 35.5. The van der Waals surface area contributed by atoms with Crippen LogP contribution in [0, 0.1) is 0 Å². The Hall–Kier alpha value is -2.13. The monoisotopic (exact) mass is 269 g/mol. The molecule has 2 aromatic heterocycles. The van der Waals surface area contributed by atoms with Crippen LogP contribution >= 0.6 is 11.6 Å². The minimum Gasteiger partial charge on any atom is -0.334 e. The summed E-state index contributed by atoms with van der Waals surface area (Å²) in [6.45, 7) is 0. The Balaban J connectivity index is 1.97. The molecule has 0 spiro atoms. The molecule has 0 aliphatic rings. The summed E-state index contributed by atoms with van der Waals surface area (Å²) in [5, 5.41) is 1.79. The second-order valence-electron chi connectivity index (χ2n) is 4.34. The van der Waals surface area contributed by atoms with Crippen LogP contribution in [0.2, 0.25) is 5.02 Å². The van der Waals surface area contributed by atoms with E-state index in [2.05, 4.69) is 9.97 Å². The van der Waals surface area contributed by atoms with Crippen molar-refractivity contribution in [3.63, 3.8) is 0 Å². The summed E-state index contributed by atoms with van der Waals surface area (Å²) < 4.78 is 1.95. The van der Waals surface area contributed by atoms with E-state index in [-0.39, 0.29) is 0 Å². The van der Waals surface area contributed by atoms with Gasteiger partial charge >= 0.3 is 0 Å². The normalized spacial score (nSPS) is 11.5. The standard InChI is InChI=1S/C15H12ClN3/c1-19-10-17-9-14(19)7-6-13-5-3-11-2-4-12(16)8-15(11)18-13/h2-10H,1H3/b7-6+. The number of hydrogen-bond acceptors (Lipinski definition) is 2. The van der Waals surface area contributed by atoms with E-state index in [0.29, 0.717) is 5.02 Å². The lowest BCUT2D eigenvalue weighted by molar-refractivity contribution is 0.902. The van der Waals surface area contributed by atoms with Gasteiger partial charge in [-0.1, -0.05) is 23.7 Å². The minimum atomic E-state index is 0.702. The number of benzene rings is 1. The molecule has 0 fully saturated rings. The number of fused-ring (bicyclic) bond motifs is 1. The van der Waals surface area contributed by atoms with Crippen LogP contribution in [0.15, 0.2) is 42.9 Å². The van der Waals surface area contributed by atoms with Gasteiger partial charge in [0.1, 0.15) is 0 Å². The molecule has 3 aromatic rings. The molecule has 0 N–H and O–H groups in total. The van der Waals surface area contributed by atoms with Gasteiger partial charge in [0.2, 0.25) is 0 Å². The molecule has 0 aliphatic heterocycles. The van der Waals surface area contributed by atoms with Crippen molar-refractivity contribution in [3.05, 3.63) is 59.3 Å². The topological polar surface area (TPSA) is 30.7 Å². The molecule has 0 bridgehead atoms. The van der Waals surface area contributed by atoms with Gasteiger partial charge in [-0.3, -0.25) is 0 Å². The summed E-state index contributed by atoms with van der Waals surface area (Å²) in [6, 6.07) is 9.75. The van der Waals surface area contributed by atoms with Crippen LogP contribution in [-0.2, 0) is 7.05 Å². The van der Waals surface area contributed by atoms with Gasteiger partial charge in [0.25, 0.3) is 0 Å². The number of nitrogens with zero attached hydrogens (tertiary/aromatic N) is 3. The summed E-state index contributed by atoms with van der Waals surface area (Å²) in [7, 11) is 1.96. The summed E-state index contributed by atoms with van der Waals surface area (Å²) in [5.74, 6) is 0. The fourth-order valence-corrected chi connectivity index (χ4v) is 2.06. The summed E-state index contributed by atoms with van der Waals surface area (Å²) in [6.07, 6.45) is 7.55. The van der Waals surface area contributed by atoms with Crippen molar-refractivity contribution >= 4 is 34.7 Å². The molecule has 0 saturated carbocycles. The second-order valence-corrected chi connectivity index (χ2v) is 4.77. The first-order chi connectivity index (χ1) is 9.22. The Morgan fingerprint density at radius 1 is 1.16 bits per heavy atom. The molecule has 0 radical (unpaired) electrons. The Labute approximate surface area is 116 Å². The predicted molar refractivity (Wildman–Crippen MR) is 78.9 cm³/mol. The molecule has 1 aromatic carbocycles. The lowest BCUT2D eigenvalue weighted by Gasteiger charge is -2.00. The van der Waals surface area contributed by atoms with Crippen LogP contribution < -0.4 is 0 Å². The van der Waals surface area contributed by atoms with Gasteiger partial charge in [-0.05, 0) is 30.4 Å². The summed E-state index contributed by atoms with van der Waals surface area (Å²) in [4.78, 5) is 8.63. The lowest BCUT2D eigenvalue weighted by Crippen LogP contribution is -1.87. The van der Waals surface area contributed by atoms with Crippen LogP contribution in [0.1, 0.15) is 11.4 Å². The minimum absolute atomic E-state index is 0.702. The van der Waals surface area contributed by atoms with E-state index in [9.17, 15) is 0 Å². The molecular weight excluding hydrogens is 258 g/mol. The number of halogens is 1. The molecule has 0 unspecified atom stereocenters. The van der Waals surface area contributed by atoms with Crippen molar-refractivity contribution < 1.29 is 0 Å². The molecule has 0 aliphatic carbocycles. The van der Waals surface area contributed by atoms with E-state index in [1.807, 2.05) is 60.3 Å². The molecule has 4 heteroatoms. The second kappa shape index (κ2) is 4.86. The zero-order chi connectivity index (χ0) is 13.2. The fourth-order valence-electron chi connectivity index (χ4n) is 1.90. The summed E-state index contributed by atoms with van der Waals surface area (Å²) in [5.41, 5.74) is 2.84. The van der Waals surface area contributed by atoms with Crippen molar-refractivity contribution in [2.45, 2.75) is 0 Å². The third-order valence-corrected chi connectivity index (χ3v) is 3.19. The van der Waals surface area contributed by atoms with E-state index in [4.69, 9.17) is 11.6 Å². The van der Waals surface area contributed by atoms with Crippen molar-refractivity contribution in [2.75, 3.05) is 0 Å². The molecule has 0 saturated heterocycles. The number of rotatable bonds is 2. The van der Waals surface area contributed by atoms with Crippen LogP contribution in [-0.4, -0.2) is 14.5 Å². The van der Waals surface area contributed by atoms with Gasteiger partial charge in [-0.25, -0.2) is 9.97 Å². The van der Waals surface area contributed by atoms with E-state index < -0.39 is 0 Å². The number of pyridine rings is 1. The number of aromatic nitrogens is 3. The zero-order valence-electron chi connectivity index (χ0n) is 10.4. The van der Waals surface area contributed by atoms with Crippen molar-refractivity contribution in [2.24, 2.45) is 7.05 Å². The quantitative estimate of drug-likeness (QED) is 0.709. The number of imidazole rings is 1. The molecule has 19 heavy (non-hydrogen) atoms. The van der Waals surface area contributed by atoms with Crippen LogP contribution in [0.5, 0.6) is 0 Å². The Kier molecular flexibility index (Phi) is 3.05. The fraction of sp³-hybridized carbons (Fsp3) is 0.0667. The zero-order valence-corrected chi connectivity index (χ0v) is 11.2. The van der Waals surface area contributed by atoms with Gasteiger partial charge in [-0.2, -0.15) is 0 Å². The predicted octanol–water partition coefficient (Wildman–Crippen LogP) is 3.79. The Morgan fingerprint density at radius 3 is 2.79 bits per heavy atom. The number of aryl methyl sites for hydroxylation is 1. The first-order valence-electron chi connectivity index (χ1n) is 5.93. The number of hydrogen-bond donors (Lipinski definition) is 0. The molecule has 0 amide bonds. The third-order valence-electron chi connectivity index (χ3n) is 2.95. The van der Waals surface area contributed by atoms with Gasteiger partial charge in [-0.15, -0.1) is 0 Å². The molecule has 2 heterocycles. The average Bonchev–Trinajstić information content (AvgIpc) is 2.81. The molecule has 0 atom stereocenters. The molecule has 94 valence electrons. The highest BCUT2D eigenvalue weighted by Gasteiger charge is 1.98. The van der Waals surface area contributed by atoms with E-state index >= 15 is 0 Å². The van der Waals surface area contributed by atoms with Crippen LogP contribution in [0.3, 0.4) is 0 Å². The van der Waals surface area contributed by atoms with Crippen molar-refractivity contribution in [3.8, 4) is 0 Å². The molecule has 3 nitrogen and oxygen atoms in total. The van der Waals surface area contributed by atoms with Gasteiger partial charge in [0, 0.05) is 17.5 Å². The van der Waals surface area contributed by atoms with Crippen molar-refractivity contribution in [1.29, 1.82) is 0 Å². The SMILES string of the molecule is Cn1cncc1/C=C/c1ccc2ccc(Cl)cc2n1. The Morgan fingerprint density at radius 2 is 2.00 bits per heavy atom. The van der Waals surface area contributed by atoms with E-state index in [1.165, 1.54) is 0 Å². The highest BCUT2D eigenvalue weighted by molar-refractivity contribution is 6.31. The Bertz CT molecular complexity index is 759. The van der Waals surface area contributed by atoms with Gasteiger partial charge < -0.3 is 4.57 Å². The maximum atomic E-state index is 5.98. The molecular formula is C15H12ClN3. The average molecular weight is 270 g/mol. The highest BCUT2D eigenvalue weighted by Crippen LogP contribution is 2.18. The maximum Gasteiger partial charge on any atom is 0.0948 e. The first-order valence-corrected chi connectivity index (χ1v) is 6.31. The van der Waals surface area contributed by atoms with Crippen molar-refractivity contribution in [1.82, 2.24) is 14.5 Å². The largest absolute Gasteiger partial charge is 0.334 e. The third kappa shape index (κ3) is 2.51. The van der Waals surface area contributed by atoms with E-state index in [0.717, 1.165) is 22.3 Å². The van der Waals surface area contributed by atoms with Crippen LogP contribution in [0.4, 0.5) is 0 Å². The maximum absolute atomic E-state index is 5.98.